The summed E-state index contributed by atoms with van der Waals surface area (Å²) in [6.07, 6.45) is 1.60. The van der Waals surface area contributed by atoms with E-state index in [1.54, 1.807) is 0 Å². The van der Waals surface area contributed by atoms with E-state index in [2.05, 4.69) is 43.1 Å². The van der Waals surface area contributed by atoms with Crippen LogP contribution in [0.1, 0.15) is 18.9 Å². The fourth-order valence-corrected chi connectivity index (χ4v) is 2.40. The molecule has 2 unspecified atom stereocenters. The third-order valence-corrected chi connectivity index (χ3v) is 3.73. The Labute approximate surface area is 109 Å². The maximum Gasteiger partial charge on any atom is 0.0629 e. The number of aryl methyl sites for hydroxylation is 1. The van der Waals surface area contributed by atoms with Crippen molar-refractivity contribution in [2.45, 2.75) is 25.9 Å². The van der Waals surface area contributed by atoms with Gasteiger partial charge < -0.3 is 14.7 Å². The normalized spacial score (nSPS) is 23.9. The van der Waals surface area contributed by atoms with Crippen molar-refractivity contribution < 1.29 is 9.84 Å². The molecule has 0 spiro atoms. The molecular weight excluding hydrogens is 226 g/mol. The van der Waals surface area contributed by atoms with Crippen LogP contribution in [0.4, 0.5) is 5.69 Å². The first-order valence-corrected chi connectivity index (χ1v) is 6.76. The molecule has 3 heteroatoms. The summed E-state index contributed by atoms with van der Waals surface area (Å²) < 4.78 is 5.44. The van der Waals surface area contributed by atoms with Crippen molar-refractivity contribution in [1.82, 2.24) is 0 Å². The van der Waals surface area contributed by atoms with E-state index in [-0.39, 0.29) is 12.0 Å². The average Bonchev–Trinajstić information content (AvgIpc) is 2.41. The lowest BCUT2D eigenvalue weighted by Crippen LogP contribution is -2.39. The quantitative estimate of drug-likeness (QED) is 0.887. The SMILES string of the molecule is CCc1ccc(N(C)CC2COCCC2O)cc1. The lowest BCUT2D eigenvalue weighted by atomic mass is 9.98. The molecule has 0 radical (unpaired) electrons. The second kappa shape index (κ2) is 6.21. The number of aliphatic hydroxyl groups excluding tert-OH is 1. The molecule has 1 fully saturated rings. The van der Waals surface area contributed by atoms with Crippen LogP contribution in [0.25, 0.3) is 0 Å². The van der Waals surface area contributed by atoms with Gasteiger partial charge in [0.15, 0.2) is 0 Å². The van der Waals surface area contributed by atoms with E-state index in [4.69, 9.17) is 4.74 Å². The van der Waals surface area contributed by atoms with Crippen LogP contribution in [0.15, 0.2) is 24.3 Å². The minimum Gasteiger partial charge on any atom is -0.393 e. The Bertz CT molecular complexity index is 363. The number of anilines is 1. The molecule has 1 saturated heterocycles. The summed E-state index contributed by atoms with van der Waals surface area (Å²) in [4.78, 5) is 2.20. The standard InChI is InChI=1S/C15H23NO2/c1-3-12-4-6-14(7-5-12)16(2)10-13-11-18-9-8-15(13)17/h4-7,13,15,17H,3,8-11H2,1-2H3. The van der Waals surface area contributed by atoms with Gasteiger partial charge in [-0.3, -0.25) is 0 Å². The predicted molar refractivity (Wildman–Crippen MR) is 74.0 cm³/mol. The fourth-order valence-electron chi connectivity index (χ4n) is 2.40. The van der Waals surface area contributed by atoms with Gasteiger partial charge in [0.25, 0.3) is 0 Å². The third kappa shape index (κ3) is 3.24. The summed E-state index contributed by atoms with van der Waals surface area (Å²) in [5, 5.41) is 9.94. The molecule has 1 aromatic rings. The van der Waals surface area contributed by atoms with Crippen LogP contribution in [0.5, 0.6) is 0 Å². The molecule has 2 rings (SSSR count). The summed E-state index contributed by atoms with van der Waals surface area (Å²) in [5.74, 6) is 0.217. The molecule has 1 aliphatic heterocycles. The van der Waals surface area contributed by atoms with Crippen molar-refractivity contribution in [2.75, 3.05) is 31.7 Å². The van der Waals surface area contributed by atoms with E-state index in [0.717, 1.165) is 19.4 Å². The van der Waals surface area contributed by atoms with Gasteiger partial charge in [0, 0.05) is 31.8 Å². The highest BCUT2D eigenvalue weighted by Gasteiger charge is 2.24. The number of hydrogen-bond acceptors (Lipinski definition) is 3. The minimum absolute atomic E-state index is 0.217. The van der Waals surface area contributed by atoms with Crippen molar-refractivity contribution in [2.24, 2.45) is 5.92 Å². The van der Waals surface area contributed by atoms with Crippen molar-refractivity contribution in [1.29, 1.82) is 0 Å². The van der Waals surface area contributed by atoms with Gasteiger partial charge in [-0.1, -0.05) is 19.1 Å². The zero-order chi connectivity index (χ0) is 13.0. The fraction of sp³-hybridized carbons (Fsp3) is 0.600. The van der Waals surface area contributed by atoms with E-state index in [1.807, 2.05) is 0 Å². The predicted octanol–water partition coefficient (Wildman–Crippen LogP) is 2.08. The van der Waals surface area contributed by atoms with Crippen LogP contribution in [0.3, 0.4) is 0 Å². The third-order valence-electron chi connectivity index (χ3n) is 3.73. The number of hydrogen-bond donors (Lipinski definition) is 1. The van der Waals surface area contributed by atoms with Crippen LogP contribution >= 0.6 is 0 Å². The van der Waals surface area contributed by atoms with Gasteiger partial charge in [-0.15, -0.1) is 0 Å². The minimum atomic E-state index is -0.226. The zero-order valence-corrected chi connectivity index (χ0v) is 11.3. The first-order valence-electron chi connectivity index (χ1n) is 6.76. The molecule has 0 aliphatic carbocycles. The number of rotatable bonds is 4. The molecule has 1 heterocycles. The summed E-state index contributed by atoms with van der Waals surface area (Å²) in [6, 6.07) is 8.63. The van der Waals surface area contributed by atoms with Crippen LogP contribution in [-0.2, 0) is 11.2 Å². The van der Waals surface area contributed by atoms with E-state index in [0.29, 0.717) is 13.2 Å². The van der Waals surface area contributed by atoms with Gasteiger partial charge in [0.05, 0.1) is 12.7 Å². The van der Waals surface area contributed by atoms with Gasteiger partial charge >= 0.3 is 0 Å². The lowest BCUT2D eigenvalue weighted by molar-refractivity contribution is -0.0320. The highest BCUT2D eigenvalue weighted by atomic mass is 16.5. The van der Waals surface area contributed by atoms with Crippen molar-refractivity contribution in [3.05, 3.63) is 29.8 Å². The Kier molecular flexibility index (Phi) is 4.61. The Morgan fingerprint density at radius 2 is 2.06 bits per heavy atom. The maximum absolute atomic E-state index is 9.94. The first-order chi connectivity index (χ1) is 8.70. The summed E-state index contributed by atoms with van der Waals surface area (Å²) in [5.41, 5.74) is 2.55. The molecular formula is C15H23NO2. The number of aliphatic hydroxyl groups is 1. The van der Waals surface area contributed by atoms with Crippen LogP contribution < -0.4 is 4.90 Å². The molecule has 1 aromatic carbocycles. The van der Waals surface area contributed by atoms with Gasteiger partial charge in [-0.05, 0) is 30.5 Å². The smallest absolute Gasteiger partial charge is 0.0629 e. The average molecular weight is 249 g/mol. The summed E-state index contributed by atoms with van der Waals surface area (Å²) >= 11 is 0. The molecule has 3 nitrogen and oxygen atoms in total. The highest BCUT2D eigenvalue weighted by molar-refractivity contribution is 5.46. The molecule has 0 saturated carbocycles. The van der Waals surface area contributed by atoms with Crippen molar-refractivity contribution in [3.63, 3.8) is 0 Å². The first kappa shape index (κ1) is 13.4. The van der Waals surface area contributed by atoms with Crippen LogP contribution in [0.2, 0.25) is 0 Å². The van der Waals surface area contributed by atoms with E-state index in [9.17, 15) is 5.11 Å². The molecule has 0 amide bonds. The zero-order valence-electron chi connectivity index (χ0n) is 11.3. The van der Waals surface area contributed by atoms with Gasteiger partial charge in [0.1, 0.15) is 0 Å². The van der Waals surface area contributed by atoms with Crippen LogP contribution in [-0.4, -0.2) is 38.0 Å². The molecule has 1 N–H and O–H groups in total. The molecule has 100 valence electrons. The van der Waals surface area contributed by atoms with Crippen LogP contribution in [0, 0.1) is 5.92 Å². The topological polar surface area (TPSA) is 32.7 Å². The monoisotopic (exact) mass is 249 g/mol. The maximum atomic E-state index is 9.94. The number of benzene rings is 1. The van der Waals surface area contributed by atoms with Crippen molar-refractivity contribution >= 4 is 5.69 Å². The Hall–Kier alpha value is -1.06. The highest BCUT2D eigenvalue weighted by Crippen LogP contribution is 2.20. The Balaban J connectivity index is 1.95. The number of ether oxygens (including phenoxy) is 1. The van der Waals surface area contributed by atoms with Gasteiger partial charge in [-0.25, -0.2) is 0 Å². The van der Waals surface area contributed by atoms with E-state index < -0.39 is 0 Å². The second-order valence-electron chi connectivity index (χ2n) is 5.09. The molecule has 2 atom stereocenters. The lowest BCUT2D eigenvalue weighted by Gasteiger charge is -2.32. The molecule has 0 bridgehead atoms. The Morgan fingerprint density at radius 3 is 2.67 bits per heavy atom. The van der Waals surface area contributed by atoms with E-state index >= 15 is 0 Å². The Morgan fingerprint density at radius 1 is 1.33 bits per heavy atom. The molecule has 1 aliphatic rings. The second-order valence-corrected chi connectivity index (χ2v) is 5.09. The summed E-state index contributed by atoms with van der Waals surface area (Å²) in [7, 11) is 2.07. The van der Waals surface area contributed by atoms with E-state index in [1.165, 1.54) is 11.3 Å². The van der Waals surface area contributed by atoms with Crippen molar-refractivity contribution in [3.8, 4) is 0 Å². The largest absolute Gasteiger partial charge is 0.393 e. The summed E-state index contributed by atoms with van der Waals surface area (Å²) in [6.45, 7) is 4.35. The molecule has 0 aromatic heterocycles. The molecule has 18 heavy (non-hydrogen) atoms. The van der Waals surface area contributed by atoms with Gasteiger partial charge in [0.2, 0.25) is 0 Å². The van der Waals surface area contributed by atoms with Gasteiger partial charge in [-0.2, -0.15) is 0 Å². The number of nitrogens with zero attached hydrogens (tertiary/aromatic N) is 1.